The Morgan fingerprint density at radius 3 is 2.61 bits per heavy atom. The quantitative estimate of drug-likeness (QED) is 0.260. The molecular formula is C26H27Cl2IN2O7. The fraction of sp³-hybridized carbons (Fsp3) is 0.346. The summed E-state index contributed by atoms with van der Waals surface area (Å²) in [4.78, 5) is 38.4. The highest BCUT2D eigenvalue weighted by molar-refractivity contribution is 14.1. The van der Waals surface area contributed by atoms with Crippen molar-refractivity contribution < 1.29 is 34.1 Å². The highest BCUT2D eigenvalue weighted by Crippen LogP contribution is 2.37. The van der Waals surface area contributed by atoms with Gasteiger partial charge in [-0.3, -0.25) is 14.4 Å². The molecule has 0 bridgehead atoms. The summed E-state index contributed by atoms with van der Waals surface area (Å²) in [5, 5.41) is 24.0. The van der Waals surface area contributed by atoms with Crippen LogP contribution in [0.4, 0.5) is 0 Å². The summed E-state index contributed by atoms with van der Waals surface area (Å²) in [7, 11) is 1.42. The number of halogens is 3. The minimum absolute atomic E-state index is 0.0292. The van der Waals surface area contributed by atoms with Gasteiger partial charge in [0.05, 0.1) is 23.3 Å². The molecule has 2 aromatic rings. The van der Waals surface area contributed by atoms with E-state index < -0.39 is 24.2 Å². The number of aliphatic hydroxyl groups excluding tert-OH is 2. The fourth-order valence-corrected chi connectivity index (χ4v) is 5.35. The molecule has 2 aromatic carbocycles. The number of rotatable bonds is 10. The predicted molar refractivity (Wildman–Crippen MR) is 151 cm³/mol. The Labute approximate surface area is 243 Å². The van der Waals surface area contributed by atoms with E-state index in [1.54, 1.807) is 24.3 Å². The summed E-state index contributed by atoms with van der Waals surface area (Å²) in [6.45, 7) is 1.20. The van der Waals surface area contributed by atoms with Crippen molar-refractivity contribution in [1.82, 2.24) is 10.2 Å². The highest BCUT2D eigenvalue weighted by atomic mass is 127. The Bertz CT molecular complexity index is 1240. The second-order valence-electron chi connectivity index (χ2n) is 8.55. The fourth-order valence-electron chi connectivity index (χ4n) is 4.13. The lowest BCUT2D eigenvalue weighted by Crippen LogP contribution is -2.54. The molecule has 0 saturated heterocycles. The third kappa shape index (κ3) is 7.17. The van der Waals surface area contributed by atoms with Gasteiger partial charge in [-0.15, -0.1) is 0 Å². The summed E-state index contributed by atoms with van der Waals surface area (Å²) in [5.41, 5.74) is 1.26. The lowest BCUT2D eigenvalue weighted by molar-refractivity contribution is -0.137. The maximum Gasteiger partial charge on any atom is 0.247 e. The van der Waals surface area contributed by atoms with Gasteiger partial charge in [-0.1, -0.05) is 29.3 Å². The first-order valence-corrected chi connectivity index (χ1v) is 13.4. The van der Waals surface area contributed by atoms with Gasteiger partial charge in [-0.05, 0) is 58.5 Å². The second-order valence-corrected chi connectivity index (χ2v) is 10.6. The van der Waals surface area contributed by atoms with Crippen molar-refractivity contribution in [2.45, 2.75) is 38.1 Å². The van der Waals surface area contributed by atoms with Crippen LogP contribution >= 0.6 is 45.8 Å². The van der Waals surface area contributed by atoms with Gasteiger partial charge in [-0.2, -0.15) is 0 Å². The zero-order chi connectivity index (χ0) is 28.0. The zero-order valence-electron chi connectivity index (χ0n) is 20.6. The summed E-state index contributed by atoms with van der Waals surface area (Å²) < 4.78 is 12.1. The lowest BCUT2D eigenvalue weighted by Gasteiger charge is -2.40. The molecule has 1 aliphatic rings. The Balaban J connectivity index is 2.02. The van der Waals surface area contributed by atoms with Gasteiger partial charge in [0.15, 0.2) is 11.5 Å². The van der Waals surface area contributed by atoms with Gasteiger partial charge in [0, 0.05) is 47.6 Å². The van der Waals surface area contributed by atoms with E-state index in [1.807, 2.05) is 22.6 Å². The lowest BCUT2D eigenvalue weighted by atomic mass is 9.88. The monoisotopic (exact) mass is 676 g/mol. The van der Waals surface area contributed by atoms with Gasteiger partial charge >= 0.3 is 0 Å². The summed E-state index contributed by atoms with van der Waals surface area (Å²) in [5.74, 6) is -0.275. The van der Waals surface area contributed by atoms with Crippen molar-refractivity contribution in [3.8, 4) is 11.5 Å². The summed E-state index contributed by atoms with van der Waals surface area (Å²) >= 11 is 14.4. The van der Waals surface area contributed by atoms with Crippen LogP contribution in [-0.2, 0) is 16.1 Å². The van der Waals surface area contributed by atoms with E-state index in [-0.39, 0.29) is 49.1 Å². The Morgan fingerprint density at radius 2 is 2.00 bits per heavy atom. The molecule has 0 heterocycles. The maximum atomic E-state index is 12.9. The van der Waals surface area contributed by atoms with E-state index in [4.69, 9.17) is 37.8 Å². The first kappa shape index (κ1) is 30.2. The predicted octanol–water partition coefficient (Wildman–Crippen LogP) is 3.38. The molecule has 3 atom stereocenters. The number of amides is 2. The molecule has 3 rings (SSSR count). The molecule has 204 valence electrons. The molecule has 38 heavy (non-hydrogen) atoms. The van der Waals surface area contributed by atoms with Crippen LogP contribution < -0.4 is 14.8 Å². The standard InChI is InChI=1S/C26H27Cl2IN2O7/c1-14(34)31(12-16-3-4-18(27)11-19(16)28)21-9-17(26(36)30-5-6-32)10-22(24(21)35)38-25-20(29)7-15(13-33)8-23(25)37-2/h3-4,7-8,10-11,13,21-22,24,32,35H,5-6,9,12H2,1-2H3,(H,30,36)/t21-,22+,24+/m1/s1. The topological polar surface area (TPSA) is 125 Å². The van der Waals surface area contributed by atoms with Gasteiger partial charge in [-0.25, -0.2) is 0 Å². The molecule has 0 radical (unpaired) electrons. The molecule has 0 spiro atoms. The van der Waals surface area contributed by atoms with Gasteiger partial charge in [0.25, 0.3) is 0 Å². The van der Waals surface area contributed by atoms with Gasteiger partial charge < -0.3 is 29.9 Å². The third-order valence-corrected chi connectivity index (χ3v) is 7.40. The van der Waals surface area contributed by atoms with Gasteiger partial charge in [0.1, 0.15) is 18.5 Å². The Kier molecular flexibility index (Phi) is 10.8. The molecule has 0 unspecified atom stereocenters. The third-order valence-electron chi connectivity index (χ3n) is 6.02. The van der Waals surface area contributed by atoms with Crippen LogP contribution in [0.5, 0.6) is 11.5 Å². The number of hydrogen-bond donors (Lipinski definition) is 3. The first-order chi connectivity index (χ1) is 18.1. The van der Waals surface area contributed by atoms with Crippen LogP contribution in [-0.4, -0.2) is 71.7 Å². The molecule has 9 nitrogen and oxygen atoms in total. The van der Waals surface area contributed by atoms with E-state index in [0.29, 0.717) is 31.0 Å². The largest absolute Gasteiger partial charge is 0.493 e. The SMILES string of the molecule is COc1cc(C=O)cc(I)c1O[C@H]1C=C(C(=O)NCCO)C[C@@H](N(Cc2ccc(Cl)cc2Cl)C(C)=O)[C@@H]1O. The number of aliphatic hydroxyl groups is 2. The zero-order valence-corrected chi connectivity index (χ0v) is 24.3. The maximum absolute atomic E-state index is 12.9. The van der Waals surface area contributed by atoms with Gasteiger partial charge in [0.2, 0.25) is 11.8 Å². The smallest absolute Gasteiger partial charge is 0.247 e. The number of carbonyl (C=O) groups is 3. The van der Waals surface area contributed by atoms with E-state index in [0.717, 1.165) is 0 Å². The second kappa shape index (κ2) is 13.6. The number of carbonyl (C=O) groups excluding carboxylic acids is 3. The molecule has 2 amide bonds. The van der Waals surface area contributed by atoms with E-state index in [2.05, 4.69) is 5.32 Å². The number of benzene rings is 2. The molecule has 0 fully saturated rings. The van der Waals surface area contributed by atoms with Crippen LogP contribution in [0.2, 0.25) is 10.0 Å². The number of nitrogens with zero attached hydrogens (tertiary/aromatic N) is 1. The average Bonchev–Trinajstić information content (AvgIpc) is 2.88. The molecule has 0 saturated carbocycles. The average molecular weight is 677 g/mol. The summed E-state index contributed by atoms with van der Waals surface area (Å²) in [6.07, 6.45) is -0.108. The van der Waals surface area contributed by atoms with E-state index in [1.165, 1.54) is 31.1 Å². The molecular weight excluding hydrogens is 650 g/mol. The number of nitrogens with one attached hydrogen (secondary N) is 1. The Morgan fingerprint density at radius 1 is 1.26 bits per heavy atom. The highest BCUT2D eigenvalue weighted by Gasteiger charge is 2.40. The normalized spacial score (nSPS) is 18.8. The van der Waals surface area contributed by atoms with Crippen molar-refractivity contribution in [1.29, 1.82) is 0 Å². The number of methoxy groups -OCH3 is 1. The van der Waals surface area contributed by atoms with E-state index >= 15 is 0 Å². The van der Waals surface area contributed by atoms with Crippen molar-refractivity contribution in [2.75, 3.05) is 20.3 Å². The molecule has 1 aliphatic carbocycles. The van der Waals surface area contributed by atoms with Crippen LogP contribution in [0, 0.1) is 3.57 Å². The van der Waals surface area contributed by atoms with Crippen molar-refractivity contribution in [2.24, 2.45) is 0 Å². The first-order valence-electron chi connectivity index (χ1n) is 11.6. The minimum Gasteiger partial charge on any atom is -0.493 e. The van der Waals surface area contributed by atoms with Crippen molar-refractivity contribution in [3.63, 3.8) is 0 Å². The number of hydrogen-bond acceptors (Lipinski definition) is 7. The molecule has 3 N–H and O–H groups in total. The molecule has 0 aromatic heterocycles. The molecule has 0 aliphatic heterocycles. The van der Waals surface area contributed by atoms with Crippen LogP contribution in [0.3, 0.4) is 0 Å². The number of aldehydes is 1. The summed E-state index contributed by atoms with van der Waals surface area (Å²) in [6, 6.07) is 7.14. The van der Waals surface area contributed by atoms with Crippen molar-refractivity contribution >= 4 is 63.9 Å². The minimum atomic E-state index is -1.24. The van der Waals surface area contributed by atoms with Crippen molar-refractivity contribution in [3.05, 3.63) is 66.7 Å². The molecule has 12 heteroatoms. The van der Waals surface area contributed by atoms with Crippen LogP contribution in [0.25, 0.3) is 0 Å². The Hall–Kier alpha value is -2.38. The van der Waals surface area contributed by atoms with Crippen LogP contribution in [0.1, 0.15) is 29.3 Å². The van der Waals surface area contributed by atoms with Crippen LogP contribution in [0.15, 0.2) is 42.0 Å². The van der Waals surface area contributed by atoms with E-state index in [9.17, 15) is 19.5 Å². The number of ether oxygens (including phenoxy) is 2.